The third kappa shape index (κ3) is 7.46. The fourth-order valence-corrected chi connectivity index (χ4v) is 5.64. The van der Waals surface area contributed by atoms with Gasteiger partial charge in [0, 0.05) is 17.6 Å². The minimum atomic E-state index is -3.76. The molecule has 0 heterocycles. The fourth-order valence-electron chi connectivity index (χ4n) is 4.60. The van der Waals surface area contributed by atoms with E-state index in [1.165, 1.54) is 11.3 Å². The molecule has 1 saturated carbocycles. The van der Waals surface area contributed by atoms with Crippen LogP contribution in [-0.4, -0.2) is 50.0 Å². The van der Waals surface area contributed by atoms with Crippen molar-refractivity contribution in [3.63, 3.8) is 0 Å². The number of rotatable bonds is 10. The minimum absolute atomic E-state index is 0.0950. The summed E-state index contributed by atoms with van der Waals surface area (Å²) in [5.41, 5.74) is 2.07. The van der Waals surface area contributed by atoms with Gasteiger partial charge in [-0.05, 0) is 49.9 Å². The predicted octanol–water partition coefficient (Wildman–Crippen LogP) is 4.67. The Morgan fingerprint density at radius 2 is 1.69 bits per heavy atom. The zero-order chi connectivity index (χ0) is 26.3. The van der Waals surface area contributed by atoms with E-state index < -0.39 is 28.5 Å². The van der Waals surface area contributed by atoms with E-state index in [1.54, 1.807) is 36.4 Å². The molecule has 9 heteroatoms. The number of amides is 2. The molecule has 1 N–H and O–H groups in total. The first-order valence-corrected chi connectivity index (χ1v) is 14.7. The van der Waals surface area contributed by atoms with Crippen molar-refractivity contribution < 1.29 is 18.0 Å². The molecular weight excluding hydrogens is 498 g/mol. The van der Waals surface area contributed by atoms with E-state index in [9.17, 15) is 18.0 Å². The molecule has 0 spiro atoms. The van der Waals surface area contributed by atoms with Gasteiger partial charge in [0.05, 0.1) is 11.9 Å². The maximum atomic E-state index is 13.7. The van der Waals surface area contributed by atoms with Crippen molar-refractivity contribution in [3.05, 3.63) is 64.7 Å². The number of sulfonamides is 1. The van der Waals surface area contributed by atoms with E-state index in [2.05, 4.69) is 5.32 Å². The van der Waals surface area contributed by atoms with Crippen LogP contribution in [0.5, 0.6) is 0 Å². The Hall–Kier alpha value is -2.58. The summed E-state index contributed by atoms with van der Waals surface area (Å²) in [5, 5.41) is 3.61. The number of carbonyl (C=O) groups excluding carboxylic acids is 2. The van der Waals surface area contributed by atoms with Gasteiger partial charge in [-0.25, -0.2) is 8.42 Å². The molecule has 2 amide bonds. The van der Waals surface area contributed by atoms with Crippen molar-refractivity contribution in [1.29, 1.82) is 0 Å². The molecule has 1 fully saturated rings. The van der Waals surface area contributed by atoms with Gasteiger partial charge in [0.15, 0.2) is 0 Å². The molecule has 0 radical (unpaired) electrons. The Morgan fingerprint density at radius 1 is 1.06 bits per heavy atom. The summed E-state index contributed by atoms with van der Waals surface area (Å²) in [6.07, 6.45) is 6.63. The largest absolute Gasteiger partial charge is 0.352 e. The zero-order valence-corrected chi connectivity index (χ0v) is 22.8. The van der Waals surface area contributed by atoms with Crippen LogP contribution in [0, 0.1) is 6.92 Å². The Morgan fingerprint density at radius 3 is 2.28 bits per heavy atom. The van der Waals surface area contributed by atoms with Gasteiger partial charge in [-0.3, -0.25) is 13.9 Å². The van der Waals surface area contributed by atoms with Crippen LogP contribution in [0.3, 0.4) is 0 Å². The van der Waals surface area contributed by atoms with Crippen LogP contribution in [0.1, 0.15) is 56.6 Å². The molecule has 3 rings (SSSR count). The molecular formula is C27H36ClN3O4S. The number of nitrogens with zero attached hydrogens (tertiary/aromatic N) is 2. The fraction of sp³-hybridized carbons (Fsp3) is 0.481. The first kappa shape index (κ1) is 28.0. The van der Waals surface area contributed by atoms with Crippen molar-refractivity contribution in [2.24, 2.45) is 0 Å². The lowest BCUT2D eigenvalue weighted by molar-refractivity contribution is -0.140. The molecule has 1 unspecified atom stereocenters. The summed E-state index contributed by atoms with van der Waals surface area (Å²) in [5.74, 6) is -0.683. The maximum Gasteiger partial charge on any atom is 0.244 e. The number of benzene rings is 2. The molecule has 0 saturated heterocycles. The van der Waals surface area contributed by atoms with Crippen molar-refractivity contribution in [3.8, 4) is 0 Å². The van der Waals surface area contributed by atoms with Crippen molar-refractivity contribution in [1.82, 2.24) is 10.2 Å². The Balaban J connectivity index is 1.91. The average Bonchev–Trinajstić information content (AvgIpc) is 2.84. The molecule has 0 aromatic heterocycles. The second-order valence-electron chi connectivity index (χ2n) is 9.49. The van der Waals surface area contributed by atoms with Gasteiger partial charge in [0.2, 0.25) is 21.8 Å². The van der Waals surface area contributed by atoms with E-state index in [0.717, 1.165) is 41.8 Å². The lowest BCUT2D eigenvalue weighted by Gasteiger charge is -2.34. The molecule has 1 atom stereocenters. The van der Waals surface area contributed by atoms with Crippen LogP contribution in [0.15, 0.2) is 48.5 Å². The molecule has 2 aromatic rings. The van der Waals surface area contributed by atoms with Crippen LogP contribution in [0.2, 0.25) is 5.02 Å². The van der Waals surface area contributed by atoms with Gasteiger partial charge in [0.25, 0.3) is 0 Å². The van der Waals surface area contributed by atoms with Gasteiger partial charge in [0.1, 0.15) is 12.6 Å². The second-order valence-corrected chi connectivity index (χ2v) is 11.8. The summed E-state index contributed by atoms with van der Waals surface area (Å²) in [4.78, 5) is 28.6. The maximum absolute atomic E-state index is 13.7. The van der Waals surface area contributed by atoms with Crippen LogP contribution >= 0.6 is 11.6 Å². The average molecular weight is 534 g/mol. The third-order valence-electron chi connectivity index (χ3n) is 6.64. The summed E-state index contributed by atoms with van der Waals surface area (Å²) in [6, 6.07) is 13.5. The number of hydrogen-bond donors (Lipinski definition) is 1. The normalized spacial score (nSPS) is 15.2. The molecule has 0 bridgehead atoms. The molecule has 196 valence electrons. The standard InChI is InChI=1S/C27H36ClN3O4S/c1-4-25(27(33)29-22-11-6-5-7-12-22)30(18-21-10-8-9-13-24(21)28)26(32)19-31(36(3,34)35)23-16-14-20(2)15-17-23/h8-10,13-17,22,25H,4-7,11-12,18-19H2,1-3H3,(H,29,33). The molecule has 1 aliphatic rings. The number of hydrogen-bond acceptors (Lipinski definition) is 4. The quantitative estimate of drug-likeness (QED) is 0.481. The smallest absolute Gasteiger partial charge is 0.244 e. The lowest BCUT2D eigenvalue weighted by Crippen LogP contribution is -2.54. The second kappa shape index (κ2) is 12.6. The molecule has 7 nitrogen and oxygen atoms in total. The lowest BCUT2D eigenvalue weighted by atomic mass is 9.95. The van der Waals surface area contributed by atoms with Gasteiger partial charge in [-0.15, -0.1) is 0 Å². The minimum Gasteiger partial charge on any atom is -0.352 e. The van der Waals surface area contributed by atoms with E-state index >= 15 is 0 Å². The van der Waals surface area contributed by atoms with Crippen LogP contribution in [-0.2, 0) is 26.2 Å². The Labute approximate surface area is 219 Å². The Kier molecular flexibility index (Phi) is 9.79. The van der Waals surface area contributed by atoms with Crippen molar-refractivity contribution in [2.75, 3.05) is 17.1 Å². The van der Waals surface area contributed by atoms with Crippen LogP contribution < -0.4 is 9.62 Å². The van der Waals surface area contributed by atoms with E-state index in [0.29, 0.717) is 22.7 Å². The molecule has 2 aromatic carbocycles. The van der Waals surface area contributed by atoms with Crippen LogP contribution in [0.4, 0.5) is 5.69 Å². The Bertz CT molecular complexity index is 1150. The van der Waals surface area contributed by atoms with E-state index in [4.69, 9.17) is 11.6 Å². The predicted molar refractivity (Wildman–Crippen MR) is 144 cm³/mol. The highest BCUT2D eigenvalue weighted by atomic mass is 35.5. The van der Waals surface area contributed by atoms with Crippen molar-refractivity contribution >= 4 is 39.1 Å². The zero-order valence-electron chi connectivity index (χ0n) is 21.2. The SMILES string of the molecule is CCC(C(=O)NC1CCCCC1)N(Cc1ccccc1Cl)C(=O)CN(c1ccc(C)cc1)S(C)(=O)=O. The number of aryl methyl sites for hydroxylation is 1. The highest BCUT2D eigenvalue weighted by Gasteiger charge is 2.33. The molecule has 1 aliphatic carbocycles. The van der Waals surface area contributed by atoms with Crippen molar-refractivity contribution in [2.45, 2.75) is 71.0 Å². The highest BCUT2D eigenvalue weighted by molar-refractivity contribution is 7.92. The van der Waals surface area contributed by atoms with E-state index in [1.807, 2.05) is 26.0 Å². The molecule has 36 heavy (non-hydrogen) atoms. The number of anilines is 1. The first-order chi connectivity index (χ1) is 17.1. The van der Waals surface area contributed by atoms with Gasteiger partial charge in [-0.2, -0.15) is 0 Å². The van der Waals surface area contributed by atoms with Gasteiger partial charge in [-0.1, -0.05) is 73.7 Å². The van der Waals surface area contributed by atoms with Crippen LogP contribution in [0.25, 0.3) is 0 Å². The number of halogens is 1. The third-order valence-corrected chi connectivity index (χ3v) is 8.15. The first-order valence-electron chi connectivity index (χ1n) is 12.5. The molecule has 0 aliphatic heterocycles. The number of carbonyl (C=O) groups is 2. The van der Waals surface area contributed by atoms with Gasteiger partial charge >= 0.3 is 0 Å². The highest BCUT2D eigenvalue weighted by Crippen LogP contribution is 2.23. The summed E-state index contributed by atoms with van der Waals surface area (Å²) >= 11 is 6.40. The topological polar surface area (TPSA) is 86.8 Å². The monoisotopic (exact) mass is 533 g/mol. The summed E-state index contributed by atoms with van der Waals surface area (Å²) in [6.45, 7) is 3.44. The number of nitrogens with one attached hydrogen (secondary N) is 1. The van der Waals surface area contributed by atoms with Gasteiger partial charge < -0.3 is 10.2 Å². The summed E-state index contributed by atoms with van der Waals surface area (Å²) < 4.78 is 26.4. The summed E-state index contributed by atoms with van der Waals surface area (Å²) in [7, 11) is -3.76. The van der Waals surface area contributed by atoms with E-state index in [-0.39, 0.29) is 18.5 Å².